The molecule has 0 aromatic heterocycles. The van der Waals surface area contributed by atoms with E-state index in [1.807, 2.05) is 6.92 Å². The van der Waals surface area contributed by atoms with Crippen molar-refractivity contribution in [2.75, 3.05) is 19.6 Å². The number of fused-ring (bicyclic) bond motifs is 3. The lowest BCUT2D eigenvalue weighted by molar-refractivity contribution is -0.163. The lowest BCUT2D eigenvalue weighted by Crippen LogP contribution is -2.62. The quantitative estimate of drug-likeness (QED) is 0.466. The number of carbonyl (C=O) groups is 6. The molecule has 0 aliphatic carbocycles. The van der Waals surface area contributed by atoms with Gasteiger partial charge in [0.2, 0.25) is 29.5 Å². The van der Waals surface area contributed by atoms with Crippen LogP contribution < -0.4 is 10.6 Å². The zero-order chi connectivity index (χ0) is 34.0. The standard InChI is InChI=1S/C33H43F2N5O7/c1-18-13-26-33(46)47-20(3)28(37-27(41)10-9-21-14-22(34)16-23(35)15-21)32(45)39-12-6-8-25(39)31(44)38-11-5-4-7-24(38)29(42)36-19(2)30(43)40(26)17-18/h14-16,18-20,24-26,28H,4-13,17H2,1-3H3,(H,36,42)(H,37,41)/t18-,19+,20+,24?,25?,26?,28+/m1/s1. The van der Waals surface area contributed by atoms with E-state index in [9.17, 15) is 37.5 Å². The lowest BCUT2D eigenvalue weighted by atomic mass is 9.99. The van der Waals surface area contributed by atoms with Crippen LogP contribution in [-0.2, 0) is 39.9 Å². The molecule has 4 saturated heterocycles. The number of carbonyl (C=O) groups excluding carboxylic acids is 6. The van der Waals surface area contributed by atoms with Gasteiger partial charge in [0.25, 0.3) is 0 Å². The van der Waals surface area contributed by atoms with Crippen LogP contribution in [0.25, 0.3) is 0 Å². The molecule has 14 heteroatoms. The van der Waals surface area contributed by atoms with Gasteiger partial charge in [-0.25, -0.2) is 13.6 Å². The van der Waals surface area contributed by atoms with Gasteiger partial charge in [0.1, 0.15) is 47.9 Å². The molecule has 3 unspecified atom stereocenters. The number of ether oxygens (including phenoxy) is 1. The van der Waals surface area contributed by atoms with Gasteiger partial charge in [-0.1, -0.05) is 6.92 Å². The van der Waals surface area contributed by atoms with Crippen LogP contribution in [0.15, 0.2) is 18.2 Å². The summed E-state index contributed by atoms with van der Waals surface area (Å²) in [5.74, 6) is -4.94. The Labute approximate surface area is 272 Å². The number of nitrogens with one attached hydrogen (secondary N) is 2. The van der Waals surface area contributed by atoms with E-state index in [-0.39, 0.29) is 37.4 Å². The number of amides is 5. The van der Waals surface area contributed by atoms with E-state index < -0.39 is 83.5 Å². The molecular weight excluding hydrogens is 616 g/mol. The number of hydrogen-bond acceptors (Lipinski definition) is 7. The first-order chi connectivity index (χ1) is 22.3. The van der Waals surface area contributed by atoms with Gasteiger partial charge in [-0.05, 0) is 82.4 Å². The topological polar surface area (TPSA) is 145 Å². The van der Waals surface area contributed by atoms with Crippen molar-refractivity contribution < 1.29 is 42.3 Å². The second-order valence-corrected chi connectivity index (χ2v) is 13.3. The van der Waals surface area contributed by atoms with Gasteiger partial charge < -0.3 is 30.1 Å². The highest BCUT2D eigenvalue weighted by atomic mass is 19.1. The molecule has 256 valence electrons. The number of aryl methyl sites for hydroxylation is 1. The molecule has 4 heterocycles. The van der Waals surface area contributed by atoms with Gasteiger partial charge in [0, 0.05) is 32.1 Å². The molecule has 0 spiro atoms. The summed E-state index contributed by atoms with van der Waals surface area (Å²) < 4.78 is 33.2. The van der Waals surface area contributed by atoms with Crippen molar-refractivity contribution in [2.45, 2.75) is 108 Å². The largest absolute Gasteiger partial charge is 0.458 e. The number of cyclic esters (lactones) is 1. The summed E-state index contributed by atoms with van der Waals surface area (Å²) in [7, 11) is 0. The zero-order valence-corrected chi connectivity index (χ0v) is 27.0. The first-order valence-corrected chi connectivity index (χ1v) is 16.5. The SMILES string of the molecule is C[C@@H]1CC2C(=O)O[C@@H](C)[C@H](NC(=O)CCc3cc(F)cc(F)c3)C(=O)N3CCCC3C(=O)N3CCCCC3C(=O)N[C@@H](C)C(=O)N2C1. The summed E-state index contributed by atoms with van der Waals surface area (Å²) in [6.45, 7) is 5.70. The van der Waals surface area contributed by atoms with Gasteiger partial charge in [-0.3, -0.25) is 24.0 Å². The highest BCUT2D eigenvalue weighted by molar-refractivity contribution is 5.97. The van der Waals surface area contributed by atoms with E-state index in [2.05, 4.69) is 10.6 Å². The third-order valence-electron chi connectivity index (χ3n) is 9.62. The van der Waals surface area contributed by atoms with Crippen LogP contribution in [0.4, 0.5) is 8.78 Å². The van der Waals surface area contributed by atoms with Crippen LogP contribution in [0, 0.1) is 17.6 Å². The van der Waals surface area contributed by atoms with Crippen molar-refractivity contribution in [1.82, 2.24) is 25.3 Å². The highest BCUT2D eigenvalue weighted by Crippen LogP contribution is 2.28. The van der Waals surface area contributed by atoms with Crippen LogP contribution in [0.5, 0.6) is 0 Å². The maximum absolute atomic E-state index is 14.2. The Morgan fingerprint density at radius 2 is 1.51 bits per heavy atom. The summed E-state index contributed by atoms with van der Waals surface area (Å²) in [4.78, 5) is 86.3. The Kier molecular flexibility index (Phi) is 10.5. The summed E-state index contributed by atoms with van der Waals surface area (Å²) >= 11 is 0. The predicted molar refractivity (Wildman–Crippen MR) is 163 cm³/mol. The number of benzene rings is 1. The minimum Gasteiger partial charge on any atom is -0.458 e. The maximum Gasteiger partial charge on any atom is 0.329 e. The minimum atomic E-state index is -1.39. The first-order valence-electron chi connectivity index (χ1n) is 16.5. The second-order valence-electron chi connectivity index (χ2n) is 13.3. The molecule has 4 fully saturated rings. The van der Waals surface area contributed by atoms with E-state index in [0.29, 0.717) is 45.1 Å². The minimum absolute atomic E-state index is 0.0198. The van der Waals surface area contributed by atoms with Crippen molar-refractivity contribution in [2.24, 2.45) is 5.92 Å². The molecule has 1 aromatic rings. The van der Waals surface area contributed by atoms with E-state index in [1.54, 1.807) is 6.92 Å². The van der Waals surface area contributed by atoms with Crippen LogP contribution >= 0.6 is 0 Å². The van der Waals surface area contributed by atoms with Crippen LogP contribution in [0.1, 0.15) is 71.3 Å². The average Bonchev–Trinajstić information content (AvgIpc) is 3.68. The molecule has 1 aromatic carbocycles. The second kappa shape index (κ2) is 14.3. The van der Waals surface area contributed by atoms with Gasteiger partial charge in [0.15, 0.2) is 0 Å². The number of esters is 1. The molecule has 4 aliphatic heterocycles. The summed E-state index contributed by atoms with van der Waals surface area (Å²) in [5, 5.41) is 5.41. The normalized spacial score (nSPS) is 30.8. The van der Waals surface area contributed by atoms with Crippen molar-refractivity contribution in [3.63, 3.8) is 0 Å². The Morgan fingerprint density at radius 3 is 2.23 bits per heavy atom. The van der Waals surface area contributed by atoms with Crippen molar-refractivity contribution >= 4 is 35.5 Å². The van der Waals surface area contributed by atoms with E-state index >= 15 is 0 Å². The Morgan fingerprint density at radius 1 is 0.851 bits per heavy atom. The first kappa shape index (κ1) is 34.2. The van der Waals surface area contributed by atoms with Gasteiger partial charge in [-0.2, -0.15) is 0 Å². The number of nitrogens with zero attached hydrogens (tertiary/aromatic N) is 3. The highest BCUT2D eigenvalue weighted by Gasteiger charge is 2.47. The molecule has 5 amide bonds. The van der Waals surface area contributed by atoms with Crippen LogP contribution in [-0.4, -0.2) is 106 Å². The van der Waals surface area contributed by atoms with Crippen molar-refractivity contribution in [3.8, 4) is 0 Å². The van der Waals surface area contributed by atoms with Crippen molar-refractivity contribution in [3.05, 3.63) is 35.4 Å². The fourth-order valence-corrected chi connectivity index (χ4v) is 7.23. The van der Waals surface area contributed by atoms with Crippen LogP contribution in [0.2, 0.25) is 0 Å². The summed E-state index contributed by atoms with van der Waals surface area (Å²) in [6.07, 6.45) is 1.53. The number of halogens is 2. The fourth-order valence-electron chi connectivity index (χ4n) is 7.23. The molecule has 7 atom stereocenters. The van der Waals surface area contributed by atoms with Gasteiger partial charge in [0.05, 0.1) is 0 Å². The third-order valence-corrected chi connectivity index (χ3v) is 9.62. The zero-order valence-electron chi connectivity index (χ0n) is 27.0. The fraction of sp³-hybridized carbons (Fsp3) is 0.636. The number of rotatable bonds is 4. The number of piperidine rings is 1. The van der Waals surface area contributed by atoms with E-state index in [1.165, 1.54) is 21.6 Å². The number of hydrogen-bond donors (Lipinski definition) is 2. The third kappa shape index (κ3) is 7.57. The monoisotopic (exact) mass is 659 g/mol. The lowest BCUT2D eigenvalue weighted by Gasteiger charge is -2.39. The molecule has 47 heavy (non-hydrogen) atoms. The maximum atomic E-state index is 14.2. The molecule has 4 aliphatic rings. The predicted octanol–water partition coefficient (Wildman–Crippen LogP) is 1.44. The van der Waals surface area contributed by atoms with Crippen LogP contribution in [0.3, 0.4) is 0 Å². The smallest absolute Gasteiger partial charge is 0.329 e. The molecule has 0 bridgehead atoms. The molecule has 0 radical (unpaired) electrons. The van der Waals surface area contributed by atoms with E-state index in [4.69, 9.17) is 4.74 Å². The van der Waals surface area contributed by atoms with E-state index in [0.717, 1.165) is 18.2 Å². The summed E-state index contributed by atoms with van der Waals surface area (Å²) in [6, 6.07) is -2.08. The molecule has 5 rings (SSSR count). The molecule has 2 N–H and O–H groups in total. The van der Waals surface area contributed by atoms with Gasteiger partial charge >= 0.3 is 5.97 Å². The molecule has 0 saturated carbocycles. The Bertz CT molecular complexity index is 1410. The molecule has 12 nitrogen and oxygen atoms in total. The average molecular weight is 660 g/mol. The van der Waals surface area contributed by atoms with Crippen molar-refractivity contribution in [1.29, 1.82) is 0 Å². The Balaban J connectivity index is 1.45. The molecular formula is C33H43F2N5O7. The Hall–Kier alpha value is -4.10. The summed E-state index contributed by atoms with van der Waals surface area (Å²) in [5.41, 5.74) is 0.251. The van der Waals surface area contributed by atoms with Gasteiger partial charge in [-0.15, -0.1) is 0 Å².